The number of aryl methyl sites for hydroxylation is 1. The maximum atomic E-state index is 14.4. The Balaban J connectivity index is 1.43. The van der Waals surface area contributed by atoms with Gasteiger partial charge in [-0.2, -0.15) is 0 Å². The second-order valence-electron chi connectivity index (χ2n) is 6.97. The van der Waals surface area contributed by atoms with Gasteiger partial charge in [-0.3, -0.25) is 10.1 Å². The molecule has 31 heavy (non-hydrogen) atoms. The third-order valence-corrected chi connectivity index (χ3v) is 6.07. The van der Waals surface area contributed by atoms with Crippen LogP contribution in [0.3, 0.4) is 0 Å². The van der Waals surface area contributed by atoms with Gasteiger partial charge < -0.3 is 9.26 Å². The first-order valence-electron chi connectivity index (χ1n) is 9.45. The molecule has 0 fully saturated rings. The summed E-state index contributed by atoms with van der Waals surface area (Å²) >= 11 is 7.44. The molecule has 0 radical (unpaired) electrons. The Kier molecular flexibility index (Phi) is 4.95. The normalized spacial score (nSPS) is 12.5. The number of amides is 1. The molecule has 0 unspecified atom stereocenters. The second kappa shape index (κ2) is 7.79. The zero-order valence-corrected chi connectivity index (χ0v) is 17.8. The number of nitrogens with zero attached hydrogens (tertiary/aromatic N) is 2. The summed E-state index contributed by atoms with van der Waals surface area (Å²) in [7, 11) is 0. The standard InChI is InChI=1S/C22H15ClFN3O3S/c1-11-18(20(27-30-11)19-14(23)3-2-4-15(19)24)21(28)26-22-25-16(10-31-22)12-5-6-17-13(9-12)7-8-29-17/h2-6,9-10H,7-8H2,1H3,(H,25,26,28). The van der Waals surface area contributed by atoms with Crippen molar-refractivity contribution in [1.82, 2.24) is 10.1 Å². The van der Waals surface area contributed by atoms with Crippen LogP contribution in [0, 0.1) is 12.7 Å². The molecule has 0 aliphatic carbocycles. The largest absolute Gasteiger partial charge is 0.493 e. The number of benzene rings is 2. The number of rotatable bonds is 4. The Hall–Kier alpha value is -3.23. The highest BCUT2D eigenvalue weighted by atomic mass is 35.5. The molecule has 0 spiro atoms. The lowest BCUT2D eigenvalue weighted by molar-refractivity contribution is 0.102. The monoisotopic (exact) mass is 455 g/mol. The van der Waals surface area contributed by atoms with Crippen LogP contribution in [0.1, 0.15) is 21.7 Å². The fourth-order valence-corrected chi connectivity index (χ4v) is 4.47. The van der Waals surface area contributed by atoms with Crippen molar-refractivity contribution < 1.29 is 18.4 Å². The number of nitrogens with one attached hydrogen (secondary N) is 1. The molecule has 1 N–H and O–H groups in total. The van der Waals surface area contributed by atoms with Crippen molar-refractivity contribution in [3.05, 3.63) is 69.5 Å². The third kappa shape index (κ3) is 3.58. The van der Waals surface area contributed by atoms with Crippen LogP contribution in [0.15, 0.2) is 46.3 Å². The lowest BCUT2D eigenvalue weighted by Gasteiger charge is -2.06. The van der Waals surface area contributed by atoms with Gasteiger partial charge in [0, 0.05) is 17.4 Å². The predicted octanol–water partition coefficient (Wildman–Crippen LogP) is 5.75. The highest BCUT2D eigenvalue weighted by Crippen LogP contribution is 2.35. The van der Waals surface area contributed by atoms with E-state index in [2.05, 4.69) is 15.5 Å². The van der Waals surface area contributed by atoms with Gasteiger partial charge in [0.15, 0.2) is 5.13 Å². The number of carbonyl (C=O) groups is 1. The molecule has 4 aromatic rings. The van der Waals surface area contributed by atoms with Crippen molar-refractivity contribution in [3.63, 3.8) is 0 Å². The molecule has 3 heterocycles. The maximum absolute atomic E-state index is 14.4. The molecule has 1 amide bonds. The summed E-state index contributed by atoms with van der Waals surface area (Å²) in [5.74, 6) is 0.0558. The molecular formula is C22H15ClFN3O3S. The van der Waals surface area contributed by atoms with Crippen LogP contribution in [0.5, 0.6) is 5.75 Å². The number of carbonyl (C=O) groups excluding carboxylic acids is 1. The first-order valence-corrected chi connectivity index (χ1v) is 10.7. The second-order valence-corrected chi connectivity index (χ2v) is 8.24. The summed E-state index contributed by atoms with van der Waals surface area (Å²) < 4.78 is 25.1. The van der Waals surface area contributed by atoms with Crippen LogP contribution < -0.4 is 10.1 Å². The molecule has 0 atom stereocenters. The summed E-state index contributed by atoms with van der Waals surface area (Å²) in [6.45, 7) is 2.27. The Morgan fingerprint density at radius 1 is 1.29 bits per heavy atom. The maximum Gasteiger partial charge on any atom is 0.263 e. The van der Waals surface area contributed by atoms with Gasteiger partial charge in [0.05, 0.1) is 22.9 Å². The van der Waals surface area contributed by atoms with E-state index in [9.17, 15) is 9.18 Å². The topological polar surface area (TPSA) is 77.3 Å². The van der Waals surface area contributed by atoms with Gasteiger partial charge in [0.2, 0.25) is 0 Å². The summed E-state index contributed by atoms with van der Waals surface area (Å²) in [4.78, 5) is 17.5. The van der Waals surface area contributed by atoms with Crippen molar-refractivity contribution in [2.75, 3.05) is 11.9 Å². The molecule has 6 nitrogen and oxygen atoms in total. The Morgan fingerprint density at radius 2 is 2.16 bits per heavy atom. The fourth-order valence-electron chi connectivity index (χ4n) is 3.50. The number of anilines is 1. The van der Waals surface area contributed by atoms with E-state index in [0.717, 1.165) is 29.0 Å². The summed E-state index contributed by atoms with van der Waals surface area (Å²) in [6.07, 6.45) is 0.866. The van der Waals surface area contributed by atoms with Crippen LogP contribution in [0.25, 0.3) is 22.5 Å². The van der Waals surface area contributed by atoms with E-state index < -0.39 is 11.7 Å². The average Bonchev–Trinajstić information content (AvgIpc) is 3.47. The summed E-state index contributed by atoms with van der Waals surface area (Å²) in [6, 6.07) is 10.2. The van der Waals surface area contributed by atoms with Gasteiger partial charge in [-0.1, -0.05) is 22.8 Å². The first kappa shape index (κ1) is 19.7. The highest BCUT2D eigenvalue weighted by molar-refractivity contribution is 7.14. The highest BCUT2D eigenvalue weighted by Gasteiger charge is 2.26. The average molecular weight is 456 g/mol. The van der Waals surface area contributed by atoms with Crippen LogP contribution in [0.2, 0.25) is 5.02 Å². The molecular weight excluding hydrogens is 441 g/mol. The summed E-state index contributed by atoms with van der Waals surface area (Å²) in [5, 5.41) is 9.03. The third-order valence-electron chi connectivity index (χ3n) is 5.00. The number of aromatic nitrogens is 2. The molecule has 9 heteroatoms. The van der Waals surface area contributed by atoms with E-state index >= 15 is 0 Å². The van der Waals surface area contributed by atoms with Crippen LogP contribution >= 0.6 is 22.9 Å². The van der Waals surface area contributed by atoms with Crippen LogP contribution in [-0.2, 0) is 6.42 Å². The van der Waals surface area contributed by atoms with Gasteiger partial charge in [-0.05, 0) is 42.8 Å². The zero-order chi connectivity index (χ0) is 21.5. The molecule has 1 aliphatic rings. The number of hydrogen-bond acceptors (Lipinski definition) is 6. The van der Waals surface area contributed by atoms with Crippen molar-refractivity contribution in [2.45, 2.75) is 13.3 Å². The lowest BCUT2D eigenvalue weighted by Crippen LogP contribution is -2.13. The predicted molar refractivity (Wildman–Crippen MR) is 116 cm³/mol. The molecule has 0 bridgehead atoms. The van der Waals surface area contributed by atoms with Crippen LogP contribution in [0.4, 0.5) is 9.52 Å². The molecule has 1 aliphatic heterocycles. The SMILES string of the molecule is Cc1onc(-c2c(F)cccc2Cl)c1C(=O)Nc1nc(-c2ccc3c(c2)CCO3)cs1. The number of thiazole rings is 1. The molecule has 2 aromatic heterocycles. The van der Waals surface area contributed by atoms with E-state index in [1.807, 2.05) is 23.6 Å². The van der Waals surface area contributed by atoms with Gasteiger partial charge >= 0.3 is 0 Å². The number of fused-ring (bicyclic) bond motifs is 1. The van der Waals surface area contributed by atoms with Gasteiger partial charge in [0.25, 0.3) is 5.91 Å². The van der Waals surface area contributed by atoms with Gasteiger partial charge in [0.1, 0.15) is 28.6 Å². The van der Waals surface area contributed by atoms with Gasteiger partial charge in [-0.25, -0.2) is 9.37 Å². The molecule has 0 saturated carbocycles. The molecule has 0 saturated heterocycles. The van der Waals surface area contributed by atoms with Crippen LogP contribution in [-0.4, -0.2) is 22.7 Å². The van der Waals surface area contributed by atoms with E-state index in [0.29, 0.717) is 11.7 Å². The van der Waals surface area contributed by atoms with Crippen molar-refractivity contribution in [2.24, 2.45) is 0 Å². The Labute approximate surface area is 185 Å². The Bertz CT molecular complexity index is 1300. The lowest BCUT2D eigenvalue weighted by atomic mass is 10.1. The zero-order valence-electron chi connectivity index (χ0n) is 16.2. The minimum Gasteiger partial charge on any atom is -0.493 e. The van der Waals surface area contributed by atoms with Crippen molar-refractivity contribution in [3.8, 4) is 28.3 Å². The van der Waals surface area contributed by atoms with E-state index in [4.69, 9.17) is 20.9 Å². The first-order chi connectivity index (χ1) is 15.0. The molecule has 2 aromatic carbocycles. The minimum atomic E-state index is -0.591. The smallest absolute Gasteiger partial charge is 0.263 e. The van der Waals surface area contributed by atoms with Crippen molar-refractivity contribution in [1.29, 1.82) is 0 Å². The van der Waals surface area contributed by atoms with E-state index in [-0.39, 0.29) is 27.6 Å². The molecule has 156 valence electrons. The number of ether oxygens (including phenoxy) is 1. The number of halogens is 2. The Morgan fingerprint density at radius 3 is 3.00 bits per heavy atom. The minimum absolute atomic E-state index is 0.0198. The summed E-state index contributed by atoms with van der Waals surface area (Å²) in [5.41, 5.74) is 3.01. The molecule has 5 rings (SSSR count). The van der Waals surface area contributed by atoms with Gasteiger partial charge in [-0.15, -0.1) is 11.3 Å². The van der Waals surface area contributed by atoms with Crippen molar-refractivity contribution >= 4 is 34.0 Å². The van der Waals surface area contributed by atoms with E-state index in [1.165, 1.54) is 29.5 Å². The van der Waals surface area contributed by atoms with E-state index in [1.54, 1.807) is 6.92 Å². The fraction of sp³-hybridized carbons (Fsp3) is 0.136. The quantitative estimate of drug-likeness (QED) is 0.423. The number of hydrogen-bond donors (Lipinski definition) is 1.